The third kappa shape index (κ3) is 4.78. The average molecular weight is 537 g/mol. The van der Waals surface area contributed by atoms with Crippen LogP contribution in [0.15, 0.2) is 48.5 Å². The number of fused-ring (bicyclic) bond motifs is 1. The Hall–Kier alpha value is -3.50. The Kier molecular flexibility index (Phi) is 6.19. The topological polar surface area (TPSA) is 78.4 Å². The lowest BCUT2D eigenvalue weighted by atomic mass is 9.76. The fourth-order valence-corrected chi connectivity index (χ4v) is 4.93. The Morgan fingerprint density at radius 3 is 2.43 bits per heavy atom. The summed E-state index contributed by atoms with van der Waals surface area (Å²) in [6, 6.07) is 7.24. The Morgan fingerprint density at radius 1 is 1.03 bits per heavy atom. The van der Waals surface area contributed by atoms with Crippen molar-refractivity contribution in [1.29, 1.82) is 0 Å². The van der Waals surface area contributed by atoms with E-state index in [-0.39, 0.29) is 39.4 Å². The van der Waals surface area contributed by atoms with Crippen LogP contribution in [0, 0.1) is 11.6 Å². The predicted molar refractivity (Wildman–Crippen MR) is 124 cm³/mol. The van der Waals surface area contributed by atoms with Gasteiger partial charge in [0.1, 0.15) is 11.6 Å². The highest BCUT2D eigenvalue weighted by molar-refractivity contribution is 6.31. The maximum Gasteiger partial charge on any atom is 0.416 e. The molecule has 1 saturated carbocycles. The van der Waals surface area contributed by atoms with E-state index in [9.17, 15) is 36.6 Å². The number of amides is 2. The number of rotatable bonds is 4. The van der Waals surface area contributed by atoms with Crippen LogP contribution in [0.25, 0.3) is 0 Å². The van der Waals surface area contributed by atoms with E-state index in [4.69, 9.17) is 11.6 Å². The molecule has 11 heteroatoms. The van der Waals surface area contributed by atoms with Crippen molar-refractivity contribution in [1.82, 2.24) is 5.32 Å². The van der Waals surface area contributed by atoms with E-state index in [1.807, 2.05) is 0 Å². The van der Waals surface area contributed by atoms with Gasteiger partial charge in [0, 0.05) is 33.0 Å². The summed E-state index contributed by atoms with van der Waals surface area (Å²) >= 11 is 6.27. The van der Waals surface area contributed by atoms with Crippen molar-refractivity contribution in [3.63, 3.8) is 0 Å². The van der Waals surface area contributed by atoms with E-state index in [2.05, 4.69) is 10.6 Å². The van der Waals surface area contributed by atoms with Crippen LogP contribution in [-0.2, 0) is 6.18 Å². The molecule has 0 aromatic heterocycles. The van der Waals surface area contributed by atoms with Gasteiger partial charge in [0.25, 0.3) is 11.8 Å². The molecule has 0 radical (unpaired) electrons. The summed E-state index contributed by atoms with van der Waals surface area (Å²) in [6.45, 7) is 0. The third-order valence-electron chi connectivity index (χ3n) is 6.60. The lowest BCUT2D eigenvalue weighted by Crippen LogP contribution is -2.27. The molecule has 3 N–H and O–H groups in total. The number of hydrogen-bond acceptors (Lipinski definition) is 3. The molecular weight excluding hydrogens is 519 g/mol. The zero-order valence-corrected chi connectivity index (χ0v) is 19.6. The van der Waals surface area contributed by atoms with E-state index in [0.717, 1.165) is 12.1 Å². The Balaban J connectivity index is 1.61. The molecule has 3 aromatic carbocycles. The van der Waals surface area contributed by atoms with Crippen molar-refractivity contribution in [2.75, 3.05) is 5.32 Å². The summed E-state index contributed by atoms with van der Waals surface area (Å²) < 4.78 is 67.5. The van der Waals surface area contributed by atoms with Gasteiger partial charge in [-0.05, 0) is 72.9 Å². The molecule has 2 amide bonds. The van der Waals surface area contributed by atoms with Crippen molar-refractivity contribution in [3.05, 3.63) is 98.6 Å². The number of nitrogens with one attached hydrogen (secondary N) is 2. The van der Waals surface area contributed by atoms with Gasteiger partial charge in [-0.2, -0.15) is 13.2 Å². The molecule has 0 saturated heterocycles. The molecule has 5 rings (SSSR count). The second-order valence-electron chi connectivity index (χ2n) is 9.10. The lowest BCUT2D eigenvalue weighted by molar-refractivity contribution is -0.137. The van der Waals surface area contributed by atoms with Crippen LogP contribution in [0.4, 0.5) is 27.6 Å². The van der Waals surface area contributed by atoms with E-state index >= 15 is 0 Å². The first kappa shape index (κ1) is 25.2. The molecule has 0 spiro atoms. The number of carbonyl (C=O) groups excluding carboxylic acids is 2. The summed E-state index contributed by atoms with van der Waals surface area (Å²) in [5, 5.41) is 15.1. The quantitative estimate of drug-likeness (QED) is 0.360. The molecule has 37 heavy (non-hydrogen) atoms. The van der Waals surface area contributed by atoms with Crippen LogP contribution < -0.4 is 10.6 Å². The third-order valence-corrected chi connectivity index (χ3v) is 6.94. The largest absolute Gasteiger partial charge is 0.416 e. The SMILES string of the molecule is O=C(Nc1cc(C2CC(O)C2)cc2c1C(c1cc(F)ccc1Cl)NC2=O)c1cc(F)cc(C(F)(F)F)c1. The molecule has 1 heterocycles. The first-order valence-corrected chi connectivity index (χ1v) is 11.6. The summed E-state index contributed by atoms with van der Waals surface area (Å²) in [7, 11) is 0. The minimum atomic E-state index is -4.88. The molecule has 2 aliphatic rings. The number of anilines is 1. The molecule has 5 nitrogen and oxygen atoms in total. The van der Waals surface area contributed by atoms with Crippen molar-refractivity contribution < 1.29 is 36.6 Å². The van der Waals surface area contributed by atoms with E-state index < -0.39 is 52.9 Å². The number of aliphatic hydroxyl groups is 1. The Labute approximate surface area is 212 Å². The number of halogens is 6. The molecule has 1 fully saturated rings. The highest BCUT2D eigenvalue weighted by Crippen LogP contribution is 2.44. The number of aliphatic hydroxyl groups excluding tert-OH is 1. The van der Waals surface area contributed by atoms with Gasteiger partial charge in [-0.3, -0.25) is 9.59 Å². The van der Waals surface area contributed by atoms with Gasteiger partial charge in [0.15, 0.2) is 0 Å². The van der Waals surface area contributed by atoms with Gasteiger partial charge in [-0.1, -0.05) is 11.6 Å². The number of alkyl halides is 3. The van der Waals surface area contributed by atoms with Crippen molar-refractivity contribution in [3.8, 4) is 0 Å². The molecule has 1 aliphatic heterocycles. The minimum Gasteiger partial charge on any atom is -0.393 e. The number of hydrogen-bond donors (Lipinski definition) is 3. The van der Waals surface area contributed by atoms with Gasteiger partial charge >= 0.3 is 6.18 Å². The summed E-state index contributed by atoms with van der Waals surface area (Å²) in [6.07, 6.45) is -4.55. The standard InChI is InChI=1S/C26H18ClF5N2O3/c27-20-2-1-15(28)10-18(20)23-22-19(25(37)34-23)7-12(11-5-17(35)6-11)8-21(22)33-24(36)13-3-14(26(30,31)32)9-16(29)4-13/h1-4,7-11,17,23,35H,5-6H2,(H,33,36)(H,34,37). The van der Waals surface area contributed by atoms with Crippen molar-refractivity contribution in [2.24, 2.45) is 0 Å². The smallest absolute Gasteiger partial charge is 0.393 e. The first-order valence-electron chi connectivity index (χ1n) is 11.2. The minimum absolute atomic E-state index is 0.0698. The molecule has 1 atom stereocenters. The maximum atomic E-state index is 14.0. The van der Waals surface area contributed by atoms with Crippen molar-refractivity contribution in [2.45, 2.75) is 37.1 Å². The number of carbonyl (C=O) groups is 2. The zero-order valence-electron chi connectivity index (χ0n) is 18.8. The highest BCUT2D eigenvalue weighted by atomic mass is 35.5. The van der Waals surface area contributed by atoms with Gasteiger partial charge in [0.05, 0.1) is 17.7 Å². The van der Waals surface area contributed by atoms with Crippen LogP contribution in [0.5, 0.6) is 0 Å². The molecule has 3 aromatic rings. The Bertz CT molecular complexity index is 1440. The van der Waals surface area contributed by atoms with Crippen LogP contribution >= 0.6 is 11.6 Å². The average Bonchev–Trinajstić information content (AvgIpc) is 3.14. The summed E-state index contributed by atoms with van der Waals surface area (Å²) in [4.78, 5) is 25.9. The van der Waals surface area contributed by atoms with Crippen LogP contribution in [0.2, 0.25) is 5.02 Å². The second-order valence-corrected chi connectivity index (χ2v) is 9.51. The fourth-order valence-electron chi connectivity index (χ4n) is 4.70. The van der Waals surface area contributed by atoms with E-state index in [0.29, 0.717) is 30.5 Å². The maximum absolute atomic E-state index is 14.0. The monoisotopic (exact) mass is 536 g/mol. The highest BCUT2D eigenvalue weighted by Gasteiger charge is 2.37. The predicted octanol–water partition coefficient (Wildman–Crippen LogP) is 5.96. The molecule has 1 aliphatic carbocycles. The first-order chi connectivity index (χ1) is 17.4. The Morgan fingerprint density at radius 2 is 1.76 bits per heavy atom. The van der Waals surface area contributed by atoms with Gasteiger partial charge in [-0.15, -0.1) is 0 Å². The zero-order chi connectivity index (χ0) is 26.6. The van der Waals surface area contributed by atoms with Crippen LogP contribution in [0.3, 0.4) is 0 Å². The molecule has 192 valence electrons. The normalized spacial score (nSPS) is 20.7. The van der Waals surface area contributed by atoms with Crippen LogP contribution in [-0.4, -0.2) is 23.0 Å². The molecule has 0 bridgehead atoms. The summed E-state index contributed by atoms with van der Waals surface area (Å²) in [5.41, 5.74) is -0.613. The van der Waals surface area contributed by atoms with E-state index in [1.54, 1.807) is 12.1 Å². The number of benzene rings is 3. The molecule has 1 unspecified atom stereocenters. The van der Waals surface area contributed by atoms with Crippen molar-refractivity contribution >= 4 is 29.1 Å². The second kappa shape index (κ2) is 9.11. The fraction of sp³-hybridized carbons (Fsp3) is 0.231. The van der Waals surface area contributed by atoms with Gasteiger partial charge in [0.2, 0.25) is 0 Å². The molecular formula is C26H18ClF5N2O3. The van der Waals surface area contributed by atoms with Gasteiger partial charge in [-0.25, -0.2) is 8.78 Å². The summed E-state index contributed by atoms with van der Waals surface area (Å²) in [5.74, 6) is -3.55. The lowest BCUT2D eigenvalue weighted by Gasteiger charge is -2.32. The van der Waals surface area contributed by atoms with Gasteiger partial charge < -0.3 is 15.7 Å². The van der Waals surface area contributed by atoms with E-state index in [1.165, 1.54) is 6.07 Å². The van der Waals surface area contributed by atoms with Crippen LogP contribution in [0.1, 0.15) is 67.8 Å².